The summed E-state index contributed by atoms with van der Waals surface area (Å²) < 4.78 is 0. The quantitative estimate of drug-likeness (QED) is 0.742. The summed E-state index contributed by atoms with van der Waals surface area (Å²) >= 11 is 5.31. The van der Waals surface area contributed by atoms with Crippen molar-refractivity contribution in [3.05, 3.63) is 0 Å². The van der Waals surface area contributed by atoms with Crippen LogP contribution in [0.5, 0.6) is 0 Å². The third-order valence-corrected chi connectivity index (χ3v) is 4.45. The molecule has 0 saturated heterocycles. The summed E-state index contributed by atoms with van der Waals surface area (Å²) in [6, 6.07) is 0.960. The molecule has 4 unspecified atom stereocenters. The fourth-order valence-electron chi connectivity index (χ4n) is 3.52. The highest BCUT2D eigenvalue weighted by Crippen LogP contribution is 2.49. The van der Waals surface area contributed by atoms with Crippen molar-refractivity contribution in [2.24, 2.45) is 17.8 Å². The summed E-state index contributed by atoms with van der Waals surface area (Å²) in [5, 5.41) is 7.54. The Labute approximate surface area is 105 Å². The van der Waals surface area contributed by atoms with Crippen molar-refractivity contribution in [1.29, 1.82) is 0 Å². The Balaban J connectivity index is 1.80. The molecule has 2 nitrogen and oxygen atoms in total. The standard InChI is InChI=1S/C13H24N2S/c1-8(2)14-13(16)15-9(3)12-7-10-4-5-11(12)6-10/h8-12H,4-7H2,1-3H3,(H2,14,15,16). The number of hydrogen-bond donors (Lipinski definition) is 2. The van der Waals surface area contributed by atoms with Crippen molar-refractivity contribution in [2.75, 3.05) is 0 Å². The van der Waals surface area contributed by atoms with E-state index in [4.69, 9.17) is 12.2 Å². The van der Waals surface area contributed by atoms with Gasteiger partial charge >= 0.3 is 0 Å². The lowest BCUT2D eigenvalue weighted by molar-refractivity contribution is 0.278. The molecule has 4 atom stereocenters. The van der Waals surface area contributed by atoms with Gasteiger partial charge < -0.3 is 10.6 Å². The molecule has 16 heavy (non-hydrogen) atoms. The lowest BCUT2D eigenvalue weighted by Crippen LogP contribution is -2.46. The van der Waals surface area contributed by atoms with Gasteiger partial charge in [0.1, 0.15) is 0 Å². The first-order chi connectivity index (χ1) is 7.56. The lowest BCUT2D eigenvalue weighted by Gasteiger charge is -2.29. The average molecular weight is 240 g/mol. The van der Waals surface area contributed by atoms with Crippen LogP contribution in [-0.4, -0.2) is 17.2 Å². The highest BCUT2D eigenvalue weighted by Gasteiger charge is 2.41. The zero-order chi connectivity index (χ0) is 11.7. The molecule has 0 amide bonds. The third-order valence-electron chi connectivity index (χ3n) is 4.21. The smallest absolute Gasteiger partial charge is 0.166 e. The maximum absolute atomic E-state index is 5.31. The highest BCUT2D eigenvalue weighted by molar-refractivity contribution is 7.80. The number of rotatable bonds is 3. The fourth-order valence-corrected chi connectivity index (χ4v) is 3.95. The molecule has 2 saturated carbocycles. The molecule has 2 aliphatic rings. The van der Waals surface area contributed by atoms with E-state index in [1.54, 1.807) is 0 Å². The van der Waals surface area contributed by atoms with Crippen LogP contribution in [0.25, 0.3) is 0 Å². The summed E-state index contributed by atoms with van der Waals surface area (Å²) in [4.78, 5) is 0. The molecule has 2 bridgehead atoms. The molecule has 0 aliphatic heterocycles. The molecule has 2 rings (SSSR count). The molecule has 3 heteroatoms. The van der Waals surface area contributed by atoms with E-state index in [2.05, 4.69) is 31.4 Å². The molecule has 0 aromatic heterocycles. The van der Waals surface area contributed by atoms with Crippen LogP contribution in [-0.2, 0) is 0 Å². The van der Waals surface area contributed by atoms with Crippen molar-refractivity contribution in [3.63, 3.8) is 0 Å². The van der Waals surface area contributed by atoms with Gasteiger partial charge in [0.05, 0.1) is 0 Å². The largest absolute Gasteiger partial charge is 0.361 e. The van der Waals surface area contributed by atoms with Crippen molar-refractivity contribution < 1.29 is 0 Å². The Hall–Kier alpha value is -0.310. The minimum atomic E-state index is 0.423. The monoisotopic (exact) mass is 240 g/mol. The highest BCUT2D eigenvalue weighted by atomic mass is 32.1. The summed E-state index contributed by atoms with van der Waals surface area (Å²) in [7, 11) is 0. The van der Waals surface area contributed by atoms with Gasteiger partial charge in [-0.05, 0) is 70.0 Å². The van der Waals surface area contributed by atoms with Gasteiger partial charge in [0, 0.05) is 12.1 Å². The number of nitrogens with one attached hydrogen (secondary N) is 2. The van der Waals surface area contributed by atoms with Gasteiger partial charge in [0.25, 0.3) is 0 Å². The number of hydrogen-bond acceptors (Lipinski definition) is 1. The van der Waals surface area contributed by atoms with Crippen LogP contribution in [0, 0.1) is 17.8 Å². The van der Waals surface area contributed by atoms with Gasteiger partial charge in [-0.25, -0.2) is 0 Å². The normalized spacial score (nSPS) is 34.1. The maximum Gasteiger partial charge on any atom is 0.166 e. The van der Waals surface area contributed by atoms with E-state index in [1.807, 2.05) is 0 Å². The molecular formula is C13H24N2S. The maximum atomic E-state index is 5.31. The Morgan fingerprint density at radius 2 is 1.88 bits per heavy atom. The molecule has 92 valence electrons. The van der Waals surface area contributed by atoms with Crippen LogP contribution in [0.15, 0.2) is 0 Å². The zero-order valence-corrected chi connectivity index (χ0v) is 11.4. The van der Waals surface area contributed by atoms with E-state index in [1.165, 1.54) is 25.7 Å². The first kappa shape index (κ1) is 12.2. The first-order valence-electron chi connectivity index (χ1n) is 6.63. The van der Waals surface area contributed by atoms with Gasteiger partial charge in [-0.2, -0.15) is 0 Å². The van der Waals surface area contributed by atoms with Crippen molar-refractivity contribution >= 4 is 17.3 Å². The Bertz CT molecular complexity index is 265. The fraction of sp³-hybridized carbons (Fsp3) is 0.923. The number of fused-ring (bicyclic) bond motifs is 2. The Morgan fingerprint density at radius 1 is 1.12 bits per heavy atom. The third kappa shape index (κ3) is 2.68. The molecule has 0 spiro atoms. The average Bonchev–Trinajstić information content (AvgIpc) is 2.76. The van der Waals surface area contributed by atoms with Gasteiger partial charge in [0.2, 0.25) is 0 Å². The Morgan fingerprint density at radius 3 is 2.38 bits per heavy atom. The minimum absolute atomic E-state index is 0.423. The first-order valence-corrected chi connectivity index (χ1v) is 7.04. The predicted octanol–water partition coefficient (Wildman–Crippen LogP) is 2.68. The summed E-state index contributed by atoms with van der Waals surface area (Å²) in [6.07, 6.45) is 5.82. The van der Waals surface area contributed by atoms with Crippen molar-refractivity contribution in [1.82, 2.24) is 10.6 Å². The molecule has 2 N–H and O–H groups in total. The van der Waals surface area contributed by atoms with Crippen LogP contribution in [0.1, 0.15) is 46.5 Å². The van der Waals surface area contributed by atoms with Gasteiger partial charge in [0.15, 0.2) is 5.11 Å². The molecule has 0 radical (unpaired) electrons. The van der Waals surface area contributed by atoms with Crippen molar-refractivity contribution in [3.8, 4) is 0 Å². The molecular weight excluding hydrogens is 216 g/mol. The minimum Gasteiger partial charge on any atom is -0.361 e. The second-order valence-electron chi connectivity index (χ2n) is 5.90. The predicted molar refractivity (Wildman–Crippen MR) is 72.4 cm³/mol. The van der Waals surface area contributed by atoms with E-state index in [0.29, 0.717) is 12.1 Å². The van der Waals surface area contributed by atoms with Gasteiger partial charge in [-0.3, -0.25) is 0 Å². The second kappa shape index (κ2) is 4.91. The van der Waals surface area contributed by atoms with E-state index in [-0.39, 0.29) is 0 Å². The lowest BCUT2D eigenvalue weighted by atomic mass is 9.84. The van der Waals surface area contributed by atoms with E-state index in [0.717, 1.165) is 22.9 Å². The summed E-state index contributed by atoms with van der Waals surface area (Å²) in [5.41, 5.74) is 0. The molecule has 0 heterocycles. The van der Waals surface area contributed by atoms with Crippen LogP contribution in [0.2, 0.25) is 0 Å². The molecule has 2 fully saturated rings. The van der Waals surface area contributed by atoms with E-state index < -0.39 is 0 Å². The topological polar surface area (TPSA) is 24.1 Å². The molecule has 0 aromatic carbocycles. The van der Waals surface area contributed by atoms with Gasteiger partial charge in [-0.1, -0.05) is 6.42 Å². The van der Waals surface area contributed by atoms with Gasteiger partial charge in [-0.15, -0.1) is 0 Å². The number of thiocarbonyl (C=S) groups is 1. The second-order valence-corrected chi connectivity index (χ2v) is 6.31. The van der Waals surface area contributed by atoms with Crippen LogP contribution in [0.4, 0.5) is 0 Å². The van der Waals surface area contributed by atoms with Crippen LogP contribution < -0.4 is 10.6 Å². The summed E-state index contributed by atoms with van der Waals surface area (Å²) in [6.45, 7) is 6.53. The zero-order valence-electron chi connectivity index (χ0n) is 10.6. The Kier molecular flexibility index (Phi) is 3.73. The summed E-state index contributed by atoms with van der Waals surface area (Å²) in [5.74, 6) is 2.84. The SMILES string of the molecule is CC(C)NC(=S)NC(C)C1CC2CCC1C2. The van der Waals surface area contributed by atoms with Crippen molar-refractivity contribution in [2.45, 2.75) is 58.5 Å². The van der Waals surface area contributed by atoms with Crippen LogP contribution >= 0.6 is 12.2 Å². The molecule has 0 aromatic rings. The van der Waals surface area contributed by atoms with E-state index >= 15 is 0 Å². The molecule has 2 aliphatic carbocycles. The van der Waals surface area contributed by atoms with E-state index in [9.17, 15) is 0 Å². The van der Waals surface area contributed by atoms with Crippen LogP contribution in [0.3, 0.4) is 0 Å².